The van der Waals surface area contributed by atoms with E-state index in [1.807, 2.05) is 0 Å². The second-order valence-electron chi connectivity index (χ2n) is 4.76. The molecule has 0 radical (unpaired) electrons. The zero-order valence-electron chi connectivity index (χ0n) is 10.5. The van der Waals surface area contributed by atoms with E-state index in [2.05, 4.69) is 0 Å². The fourth-order valence-electron chi connectivity index (χ4n) is 1.23. The van der Waals surface area contributed by atoms with Crippen LogP contribution in [0.2, 0.25) is 0 Å². The van der Waals surface area contributed by atoms with Gasteiger partial charge in [-0.2, -0.15) is 0 Å². The molecule has 0 fully saturated rings. The second kappa shape index (κ2) is 5.02. The summed E-state index contributed by atoms with van der Waals surface area (Å²) in [4.78, 5) is 26.9. The number of nitro groups is 1. The number of carbonyl (C=O) groups excluding carboxylic acids is 1. The van der Waals surface area contributed by atoms with Gasteiger partial charge in [0.05, 0.1) is 0 Å². The molecular weight excluding hydrogens is 369 g/mol. The molecule has 0 spiro atoms. The van der Waals surface area contributed by atoms with E-state index < -0.39 is 37.1 Å². The third-order valence-corrected chi connectivity index (χ3v) is 5.22. The van der Waals surface area contributed by atoms with Crippen LogP contribution in [0.1, 0.15) is 31.1 Å². The number of fused-ring (bicyclic) bond motifs is 1. The van der Waals surface area contributed by atoms with Gasteiger partial charge in [-0.25, -0.2) is 0 Å². The van der Waals surface area contributed by atoms with E-state index in [1.54, 1.807) is 20.8 Å². The van der Waals surface area contributed by atoms with Gasteiger partial charge in [-0.3, -0.25) is 0 Å². The molecule has 104 valence electrons. The van der Waals surface area contributed by atoms with Gasteiger partial charge >= 0.3 is 117 Å². The molecule has 0 bridgehead atoms. The predicted molar refractivity (Wildman–Crippen MR) is 73.2 cm³/mol. The van der Waals surface area contributed by atoms with Crippen molar-refractivity contribution in [1.29, 1.82) is 0 Å². The van der Waals surface area contributed by atoms with Gasteiger partial charge < -0.3 is 0 Å². The first kappa shape index (κ1) is 14.2. The number of hydrogen-bond acceptors (Lipinski definition) is 6. The third kappa shape index (κ3) is 3.19. The Morgan fingerprint density at radius 1 is 1.37 bits per heavy atom. The minimum atomic E-state index is -2.67. The number of nitro benzene ring substituents is 1. The van der Waals surface area contributed by atoms with Crippen LogP contribution in [0.25, 0.3) is 0 Å². The van der Waals surface area contributed by atoms with Crippen LogP contribution in [-0.4, -0.2) is 16.5 Å². The Labute approximate surface area is 117 Å². The first-order valence-electron chi connectivity index (χ1n) is 5.35. The van der Waals surface area contributed by atoms with Gasteiger partial charge in [-0.15, -0.1) is 0 Å². The molecule has 19 heavy (non-hydrogen) atoms. The average molecular weight is 381 g/mol. The number of benzene rings is 1. The van der Waals surface area contributed by atoms with Gasteiger partial charge in [0.1, 0.15) is 0 Å². The van der Waals surface area contributed by atoms with Gasteiger partial charge in [0.2, 0.25) is 0 Å². The number of hydrogen-bond donors (Lipinski definition) is 0. The number of rotatable bonds is 3. The topological polar surface area (TPSA) is 87.9 Å². The first-order valence-corrected chi connectivity index (χ1v) is 8.19. The van der Waals surface area contributed by atoms with Crippen molar-refractivity contribution in [2.45, 2.75) is 26.4 Å². The maximum atomic E-state index is 11.6. The normalized spacial score (nSPS) is 16.2. The van der Waals surface area contributed by atoms with E-state index in [-0.39, 0.29) is 11.3 Å². The SMILES string of the molecule is CC(C)(C)OOI1OC(=O)c2cc([N+](=O)[O-])ccc21. The van der Waals surface area contributed by atoms with Crippen molar-refractivity contribution >= 4 is 32.3 Å². The molecule has 0 aliphatic carbocycles. The van der Waals surface area contributed by atoms with Crippen molar-refractivity contribution in [3.8, 4) is 0 Å². The molecule has 0 N–H and O–H groups in total. The zero-order chi connectivity index (χ0) is 14.2. The van der Waals surface area contributed by atoms with Crippen molar-refractivity contribution in [3.63, 3.8) is 0 Å². The Hall–Kier alpha value is -1.26. The summed E-state index contributed by atoms with van der Waals surface area (Å²) in [5, 5.41) is 10.7. The Morgan fingerprint density at radius 3 is 2.63 bits per heavy atom. The van der Waals surface area contributed by atoms with Crippen LogP contribution in [0.5, 0.6) is 0 Å². The number of carbonyl (C=O) groups is 1. The predicted octanol–water partition coefficient (Wildman–Crippen LogP) is 3.02. The van der Waals surface area contributed by atoms with Crippen LogP contribution in [0.15, 0.2) is 18.2 Å². The molecule has 1 heterocycles. The van der Waals surface area contributed by atoms with Crippen molar-refractivity contribution < 1.29 is 20.9 Å². The van der Waals surface area contributed by atoms with Gasteiger partial charge in [0, 0.05) is 0 Å². The molecule has 0 amide bonds. The van der Waals surface area contributed by atoms with Crippen molar-refractivity contribution in [1.82, 2.24) is 0 Å². The maximum absolute atomic E-state index is 11.6. The summed E-state index contributed by atoms with van der Waals surface area (Å²) in [5.74, 6) is -0.596. The van der Waals surface area contributed by atoms with E-state index in [0.29, 0.717) is 3.57 Å². The van der Waals surface area contributed by atoms with E-state index in [4.69, 9.17) is 11.2 Å². The van der Waals surface area contributed by atoms with Crippen molar-refractivity contribution in [2.75, 3.05) is 0 Å². The molecule has 1 aromatic rings. The molecule has 2 rings (SSSR count). The summed E-state index contributed by atoms with van der Waals surface area (Å²) in [6.45, 7) is 5.41. The Balaban J connectivity index is 2.23. The van der Waals surface area contributed by atoms with Crippen molar-refractivity contribution in [2.24, 2.45) is 0 Å². The quantitative estimate of drug-likeness (QED) is 0.346. The summed E-state index contributed by atoms with van der Waals surface area (Å²) in [5.41, 5.74) is -0.477. The second-order valence-corrected chi connectivity index (χ2v) is 7.96. The number of nitrogens with zero attached hydrogens (tertiary/aromatic N) is 1. The molecule has 0 saturated carbocycles. The summed E-state index contributed by atoms with van der Waals surface area (Å²) in [7, 11) is 0. The van der Waals surface area contributed by atoms with Crippen LogP contribution < -0.4 is 0 Å². The van der Waals surface area contributed by atoms with Crippen molar-refractivity contribution in [3.05, 3.63) is 37.4 Å². The zero-order valence-corrected chi connectivity index (χ0v) is 12.7. The fourth-order valence-corrected chi connectivity index (χ4v) is 4.37. The summed E-state index contributed by atoms with van der Waals surface area (Å²) in [6.07, 6.45) is 0. The summed E-state index contributed by atoms with van der Waals surface area (Å²) in [6, 6.07) is 4.02. The van der Waals surface area contributed by atoms with E-state index >= 15 is 0 Å². The van der Waals surface area contributed by atoms with Crippen LogP contribution in [-0.2, 0) is 11.2 Å². The van der Waals surface area contributed by atoms with E-state index in [1.165, 1.54) is 18.2 Å². The van der Waals surface area contributed by atoms with Gasteiger partial charge in [-0.1, -0.05) is 0 Å². The minimum absolute atomic E-state index is 0.148. The summed E-state index contributed by atoms with van der Waals surface area (Å²) < 4.78 is 10.9. The summed E-state index contributed by atoms with van der Waals surface area (Å²) >= 11 is -2.67. The Kier molecular flexibility index (Phi) is 3.74. The van der Waals surface area contributed by atoms with Gasteiger partial charge in [0.15, 0.2) is 0 Å². The third-order valence-electron chi connectivity index (χ3n) is 2.03. The van der Waals surface area contributed by atoms with Gasteiger partial charge in [0.25, 0.3) is 0 Å². The fraction of sp³-hybridized carbons (Fsp3) is 0.364. The Morgan fingerprint density at radius 2 is 2.05 bits per heavy atom. The van der Waals surface area contributed by atoms with E-state index in [0.717, 1.165) is 0 Å². The monoisotopic (exact) mass is 381 g/mol. The van der Waals surface area contributed by atoms with Crippen LogP contribution >= 0.6 is 20.6 Å². The molecule has 1 aliphatic heterocycles. The molecule has 1 aromatic carbocycles. The van der Waals surface area contributed by atoms with Crippen LogP contribution in [0.4, 0.5) is 5.69 Å². The first-order chi connectivity index (χ1) is 8.78. The van der Waals surface area contributed by atoms with E-state index in [9.17, 15) is 14.9 Å². The molecule has 0 aromatic heterocycles. The number of halogens is 1. The average Bonchev–Trinajstić information content (AvgIpc) is 2.62. The molecule has 8 heteroatoms. The molecule has 7 nitrogen and oxygen atoms in total. The standard InChI is InChI=1S/C11H12INO6/c1-11(2,3)18-19-12-9-5-4-7(13(15)16)6-8(9)10(14)17-12/h4-6H,1-3H3. The van der Waals surface area contributed by atoms with Crippen LogP contribution in [0.3, 0.4) is 0 Å². The molecule has 0 atom stereocenters. The Bertz CT molecular complexity index is 538. The molecule has 0 saturated heterocycles. The number of non-ortho nitro benzene ring substituents is 1. The molecular formula is C11H12INO6. The molecule has 0 unspecified atom stereocenters. The molecule has 1 aliphatic rings. The van der Waals surface area contributed by atoms with Crippen LogP contribution in [0, 0.1) is 13.7 Å². The van der Waals surface area contributed by atoms with Gasteiger partial charge in [-0.05, 0) is 0 Å².